The van der Waals surface area contributed by atoms with Crippen LogP contribution < -0.4 is 0 Å². The van der Waals surface area contributed by atoms with Gasteiger partial charge in [0.05, 0.1) is 22.1 Å². The first-order valence-electron chi connectivity index (χ1n) is 21.7. The summed E-state index contributed by atoms with van der Waals surface area (Å²) in [4.78, 5) is 19.8. The Bertz CT molecular complexity index is 3890. The van der Waals surface area contributed by atoms with Gasteiger partial charge in [0.1, 0.15) is 5.52 Å². The smallest absolute Gasteiger partial charge is 0.227 e. The summed E-state index contributed by atoms with van der Waals surface area (Å²) in [6, 6.07) is 76.0. The second kappa shape index (κ2) is 14.9. The Balaban J connectivity index is 0.878. The fourth-order valence-corrected chi connectivity index (χ4v) is 9.34. The van der Waals surface area contributed by atoms with Gasteiger partial charge in [0.15, 0.2) is 23.1 Å². The van der Waals surface area contributed by atoms with Crippen LogP contribution in [0.4, 0.5) is 0 Å². The average molecular weight is 833 g/mol. The summed E-state index contributed by atoms with van der Waals surface area (Å²) in [5.41, 5.74) is 14.1. The first kappa shape index (κ1) is 36.7. The van der Waals surface area contributed by atoms with E-state index in [1.165, 1.54) is 43.7 Å². The molecule has 0 radical (unpaired) electrons. The van der Waals surface area contributed by atoms with Crippen LogP contribution in [0.2, 0.25) is 0 Å². The van der Waals surface area contributed by atoms with Gasteiger partial charge in [-0.05, 0) is 96.1 Å². The van der Waals surface area contributed by atoms with Gasteiger partial charge in [-0.2, -0.15) is 0 Å². The highest BCUT2D eigenvalue weighted by Gasteiger charge is 2.19. The molecular formula is C58H36N6O. The Morgan fingerprint density at radius 3 is 1.35 bits per heavy atom. The number of hydrogen-bond acceptors (Lipinski definition) is 5. The molecule has 4 aromatic heterocycles. The summed E-state index contributed by atoms with van der Waals surface area (Å²) in [7, 11) is 0. The number of aromatic nitrogens is 6. The molecule has 0 aliphatic rings. The molecule has 0 atom stereocenters. The molecule has 7 nitrogen and oxygen atoms in total. The van der Waals surface area contributed by atoms with Gasteiger partial charge in [0.2, 0.25) is 5.89 Å². The molecule has 13 aromatic rings. The van der Waals surface area contributed by atoms with Gasteiger partial charge in [-0.3, -0.25) is 0 Å². The van der Waals surface area contributed by atoms with Crippen molar-refractivity contribution in [2.75, 3.05) is 0 Å². The fraction of sp³-hybridized carbons (Fsp3) is 0. The largest absolute Gasteiger partial charge is 0.436 e. The van der Waals surface area contributed by atoms with E-state index in [-0.39, 0.29) is 0 Å². The minimum atomic E-state index is 0.539. The number of fused-ring (bicyclic) bond motifs is 7. The SMILES string of the molecule is c1ccc(-c2nc(-c3ccccc3)nc(-c3ccc4oc(-c5cccc(-n6c7ccccc7c7cc(-c8ccc9c(c8)c8ccccc8n9-c8ccccc8)ccc76)c5)nc4c3)n2)cc1. The number of nitrogens with zero attached hydrogens (tertiary/aromatic N) is 6. The van der Waals surface area contributed by atoms with E-state index in [1.807, 2.05) is 78.9 Å². The van der Waals surface area contributed by atoms with Crippen molar-refractivity contribution in [3.05, 3.63) is 218 Å². The Morgan fingerprint density at radius 2 is 0.754 bits per heavy atom. The van der Waals surface area contributed by atoms with E-state index in [0.29, 0.717) is 28.9 Å². The minimum absolute atomic E-state index is 0.539. The summed E-state index contributed by atoms with van der Waals surface area (Å²) >= 11 is 0. The van der Waals surface area contributed by atoms with Crippen molar-refractivity contribution >= 4 is 54.7 Å². The van der Waals surface area contributed by atoms with Gasteiger partial charge in [0, 0.05) is 55.2 Å². The second-order valence-corrected chi connectivity index (χ2v) is 16.3. The highest BCUT2D eigenvalue weighted by Crippen LogP contribution is 2.39. The van der Waals surface area contributed by atoms with Gasteiger partial charge < -0.3 is 13.6 Å². The van der Waals surface area contributed by atoms with Crippen molar-refractivity contribution in [1.82, 2.24) is 29.1 Å². The van der Waals surface area contributed by atoms with Crippen molar-refractivity contribution in [3.63, 3.8) is 0 Å². The molecule has 304 valence electrons. The summed E-state index contributed by atoms with van der Waals surface area (Å²) in [5.74, 6) is 2.32. The zero-order valence-electron chi connectivity index (χ0n) is 34.9. The third-order valence-corrected chi connectivity index (χ3v) is 12.4. The topological polar surface area (TPSA) is 74.6 Å². The van der Waals surface area contributed by atoms with E-state index in [2.05, 4.69) is 149 Å². The molecule has 0 fully saturated rings. The third-order valence-electron chi connectivity index (χ3n) is 12.4. The van der Waals surface area contributed by atoms with Crippen LogP contribution in [0, 0.1) is 0 Å². The lowest BCUT2D eigenvalue weighted by molar-refractivity contribution is 0.620. The number of oxazole rings is 1. The van der Waals surface area contributed by atoms with E-state index in [1.54, 1.807) is 0 Å². The van der Waals surface area contributed by atoms with Crippen molar-refractivity contribution in [3.8, 4) is 68.1 Å². The summed E-state index contributed by atoms with van der Waals surface area (Å²) in [6.45, 7) is 0. The molecule has 9 aromatic carbocycles. The first-order valence-corrected chi connectivity index (χ1v) is 21.7. The monoisotopic (exact) mass is 832 g/mol. The average Bonchev–Trinajstić information content (AvgIpc) is 4.07. The highest BCUT2D eigenvalue weighted by molar-refractivity contribution is 6.12. The lowest BCUT2D eigenvalue weighted by atomic mass is 10.0. The van der Waals surface area contributed by atoms with Gasteiger partial charge in [-0.15, -0.1) is 0 Å². The number of hydrogen-bond donors (Lipinski definition) is 0. The Kier molecular flexibility index (Phi) is 8.39. The Hall–Kier alpha value is -8.94. The van der Waals surface area contributed by atoms with E-state index in [0.717, 1.165) is 50.2 Å². The van der Waals surface area contributed by atoms with Crippen molar-refractivity contribution < 1.29 is 4.42 Å². The molecule has 0 spiro atoms. The maximum atomic E-state index is 6.45. The molecule has 0 saturated carbocycles. The van der Waals surface area contributed by atoms with E-state index in [9.17, 15) is 0 Å². The Labute approximate surface area is 373 Å². The standard InChI is InChI=1S/C58H36N6O/c1-4-15-37(16-5-1)55-60-56(38-17-6-2-7-18-38)62-57(61-55)41-29-32-54-49(36-41)59-58(65-54)42-19-14-22-44(33-42)64-51-26-13-11-24-46(51)48-35-40(28-31-53(48)64)39-27-30-52-47(34-39)45-23-10-12-25-50(45)63(52)43-20-8-3-9-21-43/h1-36H. The second-order valence-electron chi connectivity index (χ2n) is 16.3. The van der Waals surface area contributed by atoms with E-state index in [4.69, 9.17) is 24.4 Å². The van der Waals surface area contributed by atoms with Crippen LogP contribution >= 0.6 is 0 Å². The van der Waals surface area contributed by atoms with Gasteiger partial charge >= 0.3 is 0 Å². The van der Waals surface area contributed by atoms with Crippen LogP contribution in [0.25, 0.3) is 123 Å². The van der Waals surface area contributed by atoms with E-state index < -0.39 is 0 Å². The quantitative estimate of drug-likeness (QED) is 0.160. The molecule has 0 unspecified atom stereocenters. The van der Waals surface area contributed by atoms with Crippen molar-refractivity contribution in [2.45, 2.75) is 0 Å². The summed E-state index contributed by atoms with van der Waals surface area (Å²) in [6.07, 6.45) is 0. The van der Waals surface area contributed by atoms with E-state index >= 15 is 0 Å². The van der Waals surface area contributed by atoms with Gasteiger partial charge in [0.25, 0.3) is 0 Å². The summed E-state index contributed by atoms with van der Waals surface area (Å²) < 4.78 is 11.1. The van der Waals surface area contributed by atoms with Crippen molar-refractivity contribution in [2.24, 2.45) is 0 Å². The lowest BCUT2D eigenvalue weighted by Crippen LogP contribution is -2.00. The fourth-order valence-electron chi connectivity index (χ4n) is 9.34. The lowest BCUT2D eigenvalue weighted by Gasteiger charge is -2.10. The molecule has 0 aliphatic carbocycles. The Morgan fingerprint density at radius 1 is 0.292 bits per heavy atom. The van der Waals surface area contributed by atoms with Crippen molar-refractivity contribution in [1.29, 1.82) is 0 Å². The molecule has 13 rings (SSSR count). The number of benzene rings is 9. The first-order chi connectivity index (χ1) is 32.2. The maximum Gasteiger partial charge on any atom is 0.227 e. The third kappa shape index (κ3) is 6.20. The minimum Gasteiger partial charge on any atom is -0.436 e. The molecule has 0 saturated heterocycles. The summed E-state index contributed by atoms with van der Waals surface area (Å²) in [5, 5.41) is 4.85. The number of para-hydroxylation sites is 3. The highest BCUT2D eigenvalue weighted by atomic mass is 16.3. The van der Waals surface area contributed by atoms with Crippen LogP contribution in [0.5, 0.6) is 0 Å². The maximum absolute atomic E-state index is 6.45. The molecular weight excluding hydrogens is 797 g/mol. The molecule has 65 heavy (non-hydrogen) atoms. The van der Waals surface area contributed by atoms with Crippen LogP contribution in [-0.2, 0) is 0 Å². The molecule has 0 N–H and O–H groups in total. The van der Waals surface area contributed by atoms with Crippen LogP contribution in [-0.4, -0.2) is 29.1 Å². The van der Waals surface area contributed by atoms with Gasteiger partial charge in [-0.1, -0.05) is 133 Å². The molecule has 0 bridgehead atoms. The predicted octanol–water partition coefficient (Wildman–Crippen LogP) is 14.5. The zero-order valence-corrected chi connectivity index (χ0v) is 34.9. The van der Waals surface area contributed by atoms with Crippen LogP contribution in [0.15, 0.2) is 223 Å². The number of rotatable bonds is 7. The van der Waals surface area contributed by atoms with Crippen LogP contribution in [0.1, 0.15) is 0 Å². The van der Waals surface area contributed by atoms with Gasteiger partial charge in [-0.25, -0.2) is 19.9 Å². The van der Waals surface area contributed by atoms with Crippen LogP contribution in [0.3, 0.4) is 0 Å². The predicted molar refractivity (Wildman–Crippen MR) is 263 cm³/mol. The molecule has 7 heteroatoms. The zero-order chi connectivity index (χ0) is 42.8. The normalized spacial score (nSPS) is 11.7. The molecule has 0 amide bonds. The molecule has 0 aliphatic heterocycles. The molecule has 4 heterocycles.